The van der Waals surface area contributed by atoms with Crippen LogP contribution in [0.5, 0.6) is 0 Å². The Bertz CT molecular complexity index is 1230. The molecule has 3 aromatic rings. The Labute approximate surface area is 180 Å². The van der Waals surface area contributed by atoms with E-state index in [0.717, 1.165) is 24.0 Å². The van der Waals surface area contributed by atoms with Gasteiger partial charge in [-0.05, 0) is 48.5 Å². The van der Waals surface area contributed by atoms with Gasteiger partial charge in [0.1, 0.15) is 10.4 Å². The van der Waals surface area contributed by atoms with Gasteiger partial charge in [0, 0.05) is 25.0 Å². The van der Waals surface area contributed by atoms with Crippen LogP contribution in [0.3, 0.4) is 0 Å². The zero-order valence-corrected chi connectivity index (χ0v) is 18.0. The summed E-state index contributed by atoms with van der Waals surface area (Å²) >= 11 is 1.08. The molecule has 1 aliphatic heterocycles. The number of carbonyl (C=O) groups excluding carboxylic acids is 1. The first kappa shape index (κ1) is 21.4. The number of alkyl halides is 3. The predicted molar refractivity (Wildman–Crippen MR) is 115 cm³/mol. The normalized spacial score (nSPS) is 16.1. The van der Waals surface area contributed by atoms with Crippen molar-refractivity contribution < 1.29 is 18.0 Å². The second-order valence-corrected chi connectivity index (χ2v) is 9.29. The molecule has 164 valence electrons. The van der Waals surface area contributed by atoms with Gasteiger partial charge in [0.25, 0.3) is 5.91 Å². The van der Waals surface area contributed by atoms with E-state index in [1.165, 1.54) is 12.3 Å². The van der Waals surface area contributed by atoms with Gasteiger partial charge in [0.2, 0.25) is 5.43 Å². The van der Waals surface area contributed by atoms with E-state index in [4.69, 9.17) is 0 Å². The summed E-state index contributed by atoms with van der Waals surface area (Å²) in [6.45, 7) is 7.10. The van der Waals surface area contributed by atoms with Crippen LogP contribution in [-0.4, -0.2) is 28.4 Å². The number of pyridine rings is 1. The van der Waals surface area contributed by atoms with E-state index in [9.17, 15) is 22.8 Å². The summed E-state index contributed by atoms with van der Waals surface area (Å²) in [5.41, 5.74) is -1.23. The van der Waals surface area contributed by atoms with Gasteiger partial charge in [-0.15, -0.1) is 0 Å². The minimum Gasteiger partial charge on any atom is -0.371 e. The molecule has 3 heterocycles. The highest BCUT2D eigenvalue weighted by atomic mass is 32.1. The number of nitrogens with one attached hydrogen (secondary N) is 2. The van der Waals surface area contributed by atoms with Crippen molar-refractivity contribution in [2.45, 2.75) is 33.4 Å². The molecule has 1 saturated heterocycles. The molecule has 0 spiro atoms. The van der Waals surface area contributed by atoms with Crippen molar-refractivity contribution in [1.82, 2.24) is 9.36 Å². The average molecular weight is 450 g/mol. The van der Waals surface area contributed by atoms with Gasteiger partial charge >= 0.3 is 6.18 Å². The third-order valence-electron chi connectivity index (χ3n) is 5.53. The Hall–Kier alpha value is -2.88. The molecule has 0 aliphatic carbocycles. The van der Waals surface area contributed by atoms with E-state index >= 15 is 0 Å². The van der Waals surface area contributed by atoms with Gasteiger partial charge in [0.05, 0.1) is 22.3 Å². The molecule has 0 radical (unpaired) electrons. The number of aryl methyl sites for hydroxylation is 1. The highest BCUT2D eigenvalue weighted by Gasteiger charge is 2.36. The van der Waals surface area contributed by atoms with Crippen molar-refractivity contribution in [2.75, 3.05) is 23.3 Å². The maximum Gasteiger partial charge on any atom is 0.418 e. The fraction of sp³-hybridized carbons (Fsp3) is 0.381. The highest BCUT2D eigenvalue weighted by Crippen LogP contribution is 2.39. The number of hydrogen-bond donors (Lipinski definition) is 2. The number of fused-ring (bicyclic) bond motifs is 1. The third kappa shape index (κ3) is 4.04. The van der Waals surface area contributed by atoms with E-state index in [-0.39, 0.29) is 22.1 Å². The van der Waals surface area contributed by atoms with Crippen molar-refractivity contribution in [3.05, 3.63) is 51.4 Å². The summed E-state index contributed by atoms with van der Waals surface area (Å²) < 4.78 is 45.4. The van der Waals surface area contributed by atoms with Crippen molar-refractivity contribution in [3.8, 4) is 0 Å². The Morgan fingerprint density at radius 3 is 2.71 bits per heavy atom. The van der Waals surface area contributed by atoms with Crippen molar-refractivity contribution >= 4 is 39.0 Å². The Kier molecular flexibility index (Phi) is 5.07. The monoisotopic (exact) mass is 450 g/mol. The third-order valence-corrected chi connectivity index (χ3v) is 6.40. The first-order valence-corrected chi connectivity index (χ1v) is 10.5. The molecule has 6 nitrogen and oxygen atoms in total. The number of halogens is 3. The average Bonchev–Trinajstić information content (AvgIpc) is 3.24. The Balaban J connectivity index is 1.68. The largest absolute Gasteiger partial charge is 0.418 e. The van der Waals surface area contributed by atoms with Gasteiger partial charge in [-0.25, -0.2) is 0 Å². The van der Waals surface area contributed by atoms with Crippen LogP contribution >= 0.6 is 11.5 Å². The van der Waals surface area contributed by atoms with Gasteiger partial charge < -0.3 is 15.2 Å². The highest BCUT2D eigenvalue weighted by molar-refractivity contribution is 7.12. The number of amides is 1. The topological polar surface area (TPSA) is 78.1 Å². The van der Waals surface area contributed by atoms with Gasteiger partial charge in [-0.2, -0.15) is 17.5 Å². The predicted octanol–water partition coefficient (Wildman–Crippen LogP) is 4.80. The number of nitrogens with zero attached hydrogens (tertiary/aromatic N) is 2. The lowest BCUT2D eigenvalue weighted by Crippen LogP contribution is -2.25. The number of hydrogen-bond acceptors (Lipinski definition) is 5. The number of aromatic amines is 1. The van der Waals surface area contributed by atoms with Gasteiger partial charge in [0.15, 0.2) is 0 Å². The molecule has 1 aliphatic rings. The first-order valence-electron chi connectivity index (χ1n) is 9.71. The summed E-state index contributed by atoms with van der Waals surface area (Å²) in [6.07, 6.45) is -2.58. The molecule has 10 heteroatoms. The quantitative estimate of drug-likeness (QED) is 0.601. The number of anilines is 2. The summed E-state index contributed by atoms with van der Waals surface area (Å²) in [4.78, 5) is 30.6. The molecule has 0 unspecified atom stereocenters. The lowest BCUT2D eigenvalue weighted by atomic mass is 9.93. The summed E-state index contributed by atoms with van der Waals surface area (Å²) in [7, 11) is 0. The smallest absolute Gasteiger partial charge is 0.371 e. The number of aromatic nitrogens is 2. The fourth-order valence-corrected chi connectivity index (χ4v) is 4.60. The second kappa shape index (κ2) is 7.37. The molecule has 2 aromatic heterocycles. The lowest BCUT2D eigenvalue weighted by molar-refractivity contribution is -0.136. The van der Waals surface area contributed by atoms with Crippen LogP contribution in [0.4, 0.5) is 24.5 Å². The van der Waals surface area contributed by atoms with Crippen molar-refractivity contribution in [3.63, 3.8) is 0 Å². The van der Waals surface area contributed by atoms with Crippen LogP contribution in [0.15, 0.2) is 29.2 Å². The SMILES string of the molecule is Cc1nsc2[nH]cc(C(=O)Nc3ccc(N4CCC(C)(C)C4)cc3C(F)(F)F)c(=O)c12. The minimum absolute atomic E-state index is 0.0274. The van der Waals surface area contributed by atoms with Crippen LogP contribution in [0, 0.1) is 12.3 Å². The molecule has 1 fully saturated rings. The van der Waals surface area contributed by atoms with Crippen LogP contribution in [0.25, 0.3) is 10.2 Å². The molecule has 1 aromatic carbocycles. The van der Waals surface area contributed by atoms with E-state index < -0.39 is 23.1 Å². The summed E-state index contributed by atoms with van der Waals surface area (Å²) in [5.74, 6) is -0.908. The molecule has 1 amide bonds. The zero-order chi connectivity index (χ0) is 22.6. The Morgan fingerprint density at radius 2 is 2.06 bits per heavy atom. The fourth-order valence-electron chi connectivity index (χ4n) is 3.84. The maximum atomic E-state index is 13.8. The van der Waals surface area contributed by atoms with E-state index in [2.05, 4.69) is 28.5 Å². The van der Waals surface area contributed by atoms with Crippen LogP contribution in [-0.2, 0) is 6.18 Å². The maximum absolute atomic E-state index is 13.8. The van der Waals surface area contributed by atoms with Crippen LogP contribution in [0.2, 0.25) is 0 Å². The number of benzene rings is 1. The van der Waals surface area contributed by atoms with E-state index in [1.807, 2.05) is 4.90 Å². The first-order chi connectivity index (χ1) is 14.5. The standard InChI is InChI=1S/C21H21F3N4O2S/c1-11-16-17(29)13(9-25-19(16)31-27-11)18(30)26-15-5-4-12(8-14(15)21(22,23)24)28-7-6-20(2,3)10-28/h4-5,8-9H,6-7,10H2,1-3H3,(H,25,29)(H,26,30). The number of carbonyl (C=O) groups is 1. The summed E-state index contributed by atoms with van der Waals surface area (Å²) in [6, 6.07) is 3.86. The summed E-state index contributed by atoms with van der Waals surface area (Å²) in [5, 5.41) is 2.53. The molecular weight excluding hydrogens is 429 g/mol. The second-order valence-electron chi connectivity index (χ2n) is 8.52. The van der Waals surface area contributed by atoms with Crippen molar-refractivity contribution in [1.29, 1.82) is 0 Å². The molecule has 0 atom stereocenters. The molecule has 4 rings (SSSR count). The number of H-pyrrole nitrogens is 1. The molecule has 31 heavy (non-hydrogen) atoms. The van der Waals surface area contributed by atoms with Gasteiger partial charge in [-0.3, -0.25) is 9.59 Å². The molecule has 0 bridgehead atoms. The van der Waals surface area contributed by atoms with E-state index in [0.29, 0.717) is 29.3 Å². The Morgan fingerprint density at radius 1 is 1.32 bits per heavy atom. The zero-order valence-electron chi connectivity index (χ0n) is 17.2. The van der Waals surface area contributed by atoms with E-state index in [1.54, 1.807) is 13.0 Å². The van der Waals surface area contributed by atoms with Gasteiger partial charge in [-0.1, -0.05) is 13.8 Å². The molecule has 0 saturated carbocycles. The number of rotatable bonds is 3. The molecule has 2 N–H and O–H groups in total. The minimum atomic E-state index is -4.67. The van der Waals surface area contributed by atoms with Crippen LogP contribution < -0.4 is 15.6 Å². The molecular formula is C21H21F3N4O2S. The van der Waals surface area contributed by atoms with Crippen LogP contribution in [0.1, 0.15) is 41.9 Å². The van der Waals surface area contributed by atoms with Crippen molar-refractivity contribution in [2.24, 2.45) is 5.41 Å². The lowest BCUT2D eigenvalue weighted by Gasteiger charge is -2.23.